The van der Waals surface area contributed by atoms with E-state index in [0.29, 0.717) is 0 Å². The van der Waals surface area contributed by atoms with Crippen molar-refractivity contribution in [3.05, 3.63) is 12.2 Å². The van der Waals surface area contributed by atoms with Crippen molar-refractivity contribution in [3.63, 3.8) is 0 Å². The average molecular weight is 293 g/mol. The minimum Gasteiger partial charge on any atom is -0.356 e. The zero-order valence-corrected chi connectivity index (χ0v) is 13.9. The van der Waals surface area contributed by atoms with Crippen LogP contribution >= 0.6 is 0 Å². The van der Waals surface area contributed by atoms with Gasteiger partial charge in [-0.3, -0.25) is 4.79 Å². The van der Waals surface area contributed by atoms with Crippen molar-refractivity contribution in [2.24, 2.45) is 0 Å². The maximum Gasteiger partial charge on any atom is 0.219 e. The number of carbonyl (C=O) groups is 1. The fourth-order valence-corrected chi connectivity index (χ4v) is 2.90. The van der Waals surface area contributed by atoms with E-state index in [1.54, 1.807) is 0 Å². The molecular formula is C19H35NO. The summed E-state index contributed by atoms with van der Waals surface area (Å²) in [6, 6.07) is 0. The number of hydrogen-bond donors (Lipinski definition) is 1. The summed E-state index contributed by atoms with van der Waals surface area (Å²) < 4.78 is 0. The van der Waals surface area contributed by atoms with Crippen LogP contribution in [0.15, 0.2) is 12.2 Å². The van der Waals surface area contributed by atoms with Crippen LogP contribution in [0, 0.1) is 0 Å². The Bertz CT molecular complexity index is 273. The van der Waals surface area contributed by atoms with Crippen LogP contribution in [0.25, 0.3) is 0 Å². The third-order valence-corrected chi connectivity index (χ3v) is 4.31. The van der Waals surface area contributed by atoms with Crippen molar-refractivity contribution in [2.75, 3.05) is 6.54 Å². The average Bonchev–Trinajstić information content (AvgIpc) is 2.48. The number of allylic oxidation sites excluding steroid dienone is 2. The Morgan fingerprint density at radius 1 is 0.619 bits per heavy atom. The maximum atomic E-state index is 11.6. The van der Waals surface area contributed by atoms with Crippen molar-refractivity contribution in [1.29, 1.82) is 0 Å². The lowest BCUT2D eigenvalue weighted by atomic mass is 10.1. The van der Waals surface area contributed by atoms with Gasteiger partial charge in [0, 0.05) is 13.0 Å². The standard InChI is InChI=1S/C19H35NO/c21-19-17-15-13-11-9-7-5-3-1-2-4-6-8-10-12-14-16-18-20-19/h2,4H,1,3,5-18H2,(H,20,21)/b4-2-. The Morgan fingerprint density at radius 2 is 1.10 bits per heavy atom. The Kier molecular flexibility index (Phi) is 12.3. The lowest BCUT2D eigenvalue weighted by molar-refractivity contribution is -0.121. The smallest absolute Gasteiger partial charge is 0.219 e. The van der Waals surface area contributed by atoms with E-state index >= 15 is 0 Å². The van der Waals surface area contributed by atoms with Crippen LogP contribution in [0.5, 0.6) is 0 Å². The molecule has 1 N–H and O–H groups in total. The van der Waals surface area contributed by atoms with Gasteiger partial charge in [-0.25, -0.2) is 0 Å². The summed E-state index contributed by atoms with van der Waals surface area (Å²) in [5.41, 5.74) is 0. The fourth-order valence-electron chi connectivity index (χ4n) is 2.90. The molecule has 1 aliphatic rings. The van der Waals surface area contributed by atoms with Crippen LogP contribution in [0.2, 0.25) is 0 Å². The lowest BCUT2D eigenvalue weighted by Crippen LogP contribution is -2.23. The minimum absolute atomic E-state index is 0.259. The van der Waals surface area contributed by atoms with Gasteiger partial charge in [-0.05, 0) is 38.5 Å². The number of nitrogens with one attached hydrogen (secondary N) is 1. The molecule has 21 heavy (non-hydrogen) atoms. The van der Waals surface area contributed by atoms with Crippen molar-refractivity contribution in [1.82, 2.24) is 5.32 Å². The first-order valence-electron chi connectivity index (χ1n) is 9.31. The highest BCUT2D eigenvalue weighted by Gasteiger charge is 2.00. The largest absolute Gasteiger partial charge is 0.356 e. The molecule has 0 radical (unpaired) electrons. The Balaban J connectivity index is 2.15. The molecule has 1 aliphatic heterocycles. The van der Waals surface area contributed by atoms with Gasteiger partial charge in [-0.2, -0.15) is 0 Å². The zero-order chi connectivity index (χ0) is 15.0. The van der Waals surface area contributed by atoms with E-state index in [0.717, 1.165) is 25.8 Å². The summed E-state index contributed by atoms with van der Waals surface area (Å²) in [7, 11) is 0. The van der Waals surface area contributed by atoms with E-state index in [9.17, 15) is 4.79 Å². The molecule has 2 nitrogen and oxygen atoms in total. The molecular weight excluding hydrogens is 258 g/mol. The lowest BCUT2D eigenvalue weighted by Gasteiger charge is -2.06. The molecule has 2 heteroatoms. The molecule has 122 valence electrons. The van der Waals surface area contributed by atoms with Gasteiger partial charge in [0.15, 0.2) is 0 Å². The number of amides is 1. The Labute approximate surface area is 131 Å². The molecule has 0 fully saturated rings. The third kappa shape index (κ3) is 12.6. The Morgan fingerprint density at radius 3 is 1.71 bits per heavy atom. The highest BCUT2D eigenvalue weighted by molar-refractivity contribution is 5.75. The highest BCUT2D eigenvalue weighted by Crippen LogP contribution is 2.11. The molecule has 0 aromatic heterocycles. The van der Waals surface area contributed by atoms with E-state index in [1.807, 2.05) is 0 Å². The van der Waals surface area contributed by atoms with E-state index < -0.39 is 0 Å². The summed E-state index contributed by atoms with van der Waals surface area (Å²) in [6.45, 7) is 0.874. The van der Waals surface area contributed by atoms with Gasteiger partial charge >= 0.3 is 0 Å². The molecule has 0 atom stereocenters. The second-order valence-corrected chi connectivity index (χ2v) is 6.39. The maximum absolute atomic E-state index is 11.6. The first-order chi connectivity index (χ1) is 10.4. The summed E-state index contributed by atoms with van der Waals surface area (Å²) in [5.74, 6) is 0.259. The summed E-state index contributed by atoms with van der Waals surface area (Å²) >= 11 is 0. The van der Waals surface area contributed by atoms with Crippen molar-refractivity contribution in [3.8, 4) is 0 Å². The summed E-state index contributed by atoms with van der Waals surface area (Å²) in [6.07, 6.45) is 23.3. The van der Waals surface area contributed by atoms with Crippen LogP contribution in [-0.2, 0) is 4.79 Å². The monoisotopic (exact) mass is 293 g/mol. The molecule has 0 aliphatic carbocycles. The topological polar surface area (TPSA) is 29.1 Å². The van der Waals surface area contributed by atoms with Crippen LogP contribution in [0.4, 0.5) is 0 Å². The van der Waals surface area contributed by atoms with Crippen LogP contribution in [-0.4, -0.2) is 12.5 Å². The van der Waals surface area contributed by atoms with E-state index in [4.69, 9.17) is 0 Å². The van der Waals surface area contributed by atoms with Gasteiger partial charge < -0.3 is 5.32 Å². The van der Waals surface area contributed by atoms with Gasteiger partial charge in [0.1, 0.15) is 0 Å². The molecule has 0 saturated carbocycles. The highest BCUT2D eigenvalue weighted by atomic mass is 16.1. The molecule has 0 saturated heterocycles. The van der Waals surface area contributed by atoms with Gasteiger partial charge in [0.25, 0.3) is 0 Å². The molecule has 1 rings (SSSR count). The third-order valence-electron chi connectivity index (χ3n) is 4.31. The van der Waals surface area contributed by atoms with Gasteiger partial charge in [-0.15, -0.1) is 0 Å². The zero-order valence-electron chi connectivity index (χ0n) is 13.9. The molecule has 0 aromatic rings. The van der Waals surface area contributed by atoms with Crippen LogP contribution in [0.3, 0.4) is 0 Å². The molecule has 1 amide bonds. The predicted octanol–water partition coefficient (Wildman–Crippen LogP) is 5.52. The van der Waals surface area contributed by atoms with Crippen molar-refractivity contribution < 1.29 is 4.79 Å². The predicted molar refractivity (Wildman–Crippen MR) is 91.4 cm³/mol. The van der Waals surface area contributed by atoms with Gasteiger partial charge in [-0.1, -0.05) is 63.5 Å². The first kappa shape index (κ1) is 18.3. The fraction of sp³-hybridized carbons (Fsp3) is 0.842. The van der Waals surface area contributed by atoms with Crippen LogP contribution in [0.1, 0.15) is 96.3 Å². The number of carbonyl (C=O) groups excluding carboxylic acids is 1. The number of rotatable bonds is 0. The Hall–Kier alpha value is -0.790. The van der Waals surface area contributed by atoms with E-state index in [1.165, 1.54) is 77.0 Å². The second kappa shape index (κ2) is 14.2. The van der Waals surface area contributed by atoms with E-state index in [2.05, 4.69) is 17.5 Å². The number of hydrogen-bond acceptors (Lipinski definition) is 1. The van der Waals surface area contributed by atoms with E-state index in [-0.39, 0.29) is 5.91 Å². The summed E-state index contributed by atoms with van der Waals surface area (Å²) in [5, 5.41) is 3.05. The second-order valence-electron chi connectivity index (χ2n) is 6.39. The van der Waals surface area contributed by atoms with Gasteiger partial charge in [0.2, 0.25) is 5.91 Å². The quantitative estimate of drug-likeness (QED) is 0.585. The molecule has 0 bridgehead atoms. The summed E-state index contributed by atoms with van der Waals surface area (Å²) in [4.78, 5) is 11.6. The SMILES string of the molecule is O=C1CCCCCCCCC/C=C\CCCCCCCN1. The van der Waals surface area contributed by atoms with Crippen LogP contribution < -0.4 is 5.32 Å². The minimum atomic E-state index is 0.259. The van der Waals surface area contributed by atoms with Gasteiger partial charge in [0.05, 0.1) is 0 Å². The van der Waals surface area contributed by atoms with Crippen molar-refractivity contribution in [2.45, 2.75) is 96.3 Å². The molecule has 1 heterocycles. The molecule has 0 spiro atoms. The molecule has 0 unspecified atom stereocenters. The molecule has 0 aromatic carbocycles. The first-order valence-corrected chi connectivity index (χ1v) is 9.31. The van der Waals surface area contributed by atoms with Crippen molar-refractivity contribution >= 4 is 5.91 Å². The normalized spacial score (nSPS) is 23.9.